The number of halogens is 1. The molecule has 0 aromatic heterocycles. The van der Waals surface area contributed by atoms with E-state index in [1.165, 1.54) is 6.07 Å². The summed E-state index contributed by atoms with van der Waals surface area (Å²) in [5.41, 5.74) is 1.37. The number of hydrogen-bond acceptors (Lipinski definition) is 1. The van der Waals surface area contributed by atoms with E-state index in [0.29, 0.717) is 5.56 Å². The number of phenols is 1. The molecule has 0 aliphatic heterocycles. The van der Waals surface area contributed by atoms with Crippen LogP contribution in [0.1, 0.15) is 30.9 Å². The number of unbranched alkanes of at least 4 members (excludes halogenated alkanes) is 1. The van der Waals surface area contributed by atoms with Gasteiger partial charge >= 0.3 is 0 Å². The number of hydrogen-bond donors (Lipinski definition) is 1. The quantitative estimate of drug-likeness (QED) is 0.778. The van der Waals surface area contributed by atoms with E-state index in [-0.39, 0.29) is 5.75 Å². The third-order valence-electron chi connectivity index (χ3n) is 2.04. The second-order valence-corrected chi connectivity index (χ2v) is 3.36. The summed E-state index contributed by atoms with van der Waals surface area (Å²) in [4.78, 5) is 0. The lowest BCUT2D eigenvalue weighted by molar-refractivity contribution is 0.428. The van der Waals surface area contributed by atoms with Crippen LogP contribution in [0, 0.1) is 12.7 Å². The van der Waals surface area contributed by atoms with Gasteiger partial charge < -0.3 is 5.11 Å². The minimum absolute atomic E-state index is 0.252. The molecule has 0 fully saturated rings. The predicted molar refractivity (Wildman–Crippen MR) is 56.7 cm³/mol. The van der Waals surface area contributed by atoms with Gasteiger partial charge in [-0.2, -0.15) is 0 Å². The summed E-state index contributed by atoms with van der Waals surface area (Å²) in [6.07, 6.45) is 5.95. The molecule has 76 valence electrons. The third-order valence-corrected chi connectivity index (χ3v) is 2.04. The molecular formula is C12H15FO. The van der Waals surface area contributed by atoms with Gasteiger partial charge in [0.05, 0.1) is 0 Å². The molecule has 14 heavy (non-hydrogen) atoms. The van der Waals surface area contributed by atoms with E-state index in [0.717, 1.165) is 18.4 Å². The summed E-state index contributed by atoms with van der Waals surface area (Å²) in [5.74, 6) is -0.807. The van der Waals surface area contributed by atoms with Crippen LogP contribution in [0.3, 0.4) is 0 Å². The molecule has 0 amide bonds. The zero-order valence-electron chi connectivity index (χ0n) is 8.55. The lowest BCUT2D eigenvalue weighted by Crippen LogP contribution is -1.83. The molecule has 1 aromatic carbocycles. The van der Waals surface area contributed by atoms with Gasteiger partial charge in [0.2, 0.25) is 0 Å². The van der Waals surface area contributed by atoms with Crippen LogP contribution < -0.4 is 0 Å². The maximum atomic E-state index is 13.1. The molecule has 0 saturated heterocycles. The Morgan fingerprint density at radius 2 is 2.14 bits per heavy atom. The Kier molecular flexibility index (Phi) is 3.69. The number of rotatable bonds is 3. The molecule has 0 saturated carbocycles. The third kappa shape index (κ3) is 2.59. The van der Waals surface area contributed by atoms with Crippen molar-refractivity contribution in [3.63, 3.8) is 0 Å². The fourth-order valence-electron chi connectivity index (χ4n) is 1.25. The van der Waals surface area contributed by atoms with Crippen molar-refractivity contribution in [2.24, 2.45) is 0 Å². The van der Waals surface area contributed by atoms with Crippen LogP contribution in [0.2, 0.25) is 0 Å². The minimum atomic E-state index is -0.554. The number of benzene rings is 1. The zero-order valence-corrected chi connectivity index (χ0v) is 8.55. The van der Waals surface area contributed by atoms with E-state index in [2.05, 4.69) is 6.92 Å². The van der Waals surface area contributed by atoms with E-state index in [4.69, 9.17) is 0 Å². The second kappa shape index (κ2) is 4.80. The number of allylic oxidation sites excluding steroid dienone is 1. The Balaban J connectivity index is 2.89. The monoisotopic (exact) mass is 194 g/mol. The molecule has 1 nitrogen and oxygen atoms in total. The van der Waals surface area contributed by atoms with Gasteiger partial charge in [-0.1, -0.05) is 25.5 Å². The van der Waals surface area contributed by atoms with Gasteiger partial charge in [-0.3, -0.25) is 0 Å². The normalized spacial score (nSPS) is 11.1. The lowest BCUT2D eigenvalue weighted by atomic mass is 10.1. The Hall–Kier alpha value is -1.31. The topological polar surface area (TPSA) is 20.2 Å². The maximum absolute atomic E-state index is 13.1. The summed E-state index contributed by atoms with van der Waals surface area (Å²) in [7, 11) is 0. The number of aromatic hydroxyl groups is 1. The lowest BCUT2D eigenvalue weighted by Gasteiger charge is -2.01. The van der Waals surface area contributed by atoms with Crippen LogP contribution in [-0.4, -0.2) is 5.11 Å². The van der Waals surface area contributed by atoms with Gasteiger partial charge in [0.25, 0.3) is 0 Å². The number of phenolic OH excluding ortho intramolecular Hbond substituents is 1. The maximum Gasteiger partial charge on any atom is 0.165 e. The summed E-state index contributed by atoms with van der Waals surface area (Å²) < 4.78 is 13.1. The van der Waals surface area contributed by atoms with Crippen molar-refractivity contribution in [2.75, 3.05) is 0 Å². The fourth-order valence-corrected chi connectivity index (χ4v) is 1.25. The van der Waals surface area contributed by atoms with Crippen molar-refractivity contribution in [1.82, 2.24) is 0 Å². The van der Waals surface area contributed by atoms with E-state index < -0.39 is 5.82 Å². The molecule has 0 aliphatic rings. The van der Waals surface area contributed by atoms with E-state index in [1.54, 1.807) is 13.0 Å². The minimum Gasteiger partial charge on any atom is -0.505 e. The van der Waals surface area contributed by atoms with Crippen LogP contribution >= 0.6 is 0 Å². The van der Waals surface area contributed by atoms with E-state index in [1.807, 2.05) is 12.2 Å². The summed E-state index contributed by atoms with van der Waals surface area (Å²) in [6.45, 7) is 3.78. The van der Waals surface area contributed by atoms with Crippen LogP contribution in [0.15, 0.2) is 18.2 Å². The molecular weight excluding hydrogens is 179 g/mol. The molecule has 0 spiro atoms. The largest absolute Gasteiger partial charge is 0.505 e. The van der Waals surface area contributed by atoms with Crippen molar-refractivity contribution in [3.05, 3.63) is 35.2 Å². The molecule has 0 atom stereocenters. The highest BCUT2D eigenvalue weighted by Crippen LogP contribution is 2.22. The molecule has 0 radical (unpaired) electrons. The second-order valence-electron chi connectivity index (χ2n) is 3.36. The van der Waals surface area contributed by atoms with Crippen molar-refractivity contribution < 1.29 is 9.50 Å². The van der Waals surface area contributed by atoms with Crippen LogP contribution in [0.5, 0.6) is 5.75 Å². The highest BCUT2D eigenvalue weighted by Gasteiger charge is 2.04. The first kappa shape index (κ1) is 10.8. The molecule has 0 bridgehead atoms. The van der Waals surface area contributed by atoms with Crippen molar-refractivity contribution in [3.8, 4) is 5.75 Å². The number of aryl methyl sites for hydroxylation is 1. The van der Waals surface area contributed by atoms with Crippen molar-refractivity contribution >= 4 is 6.08 Å². The van der Waals surface area contributed by atoms with E-state index in [9.17, 15) is 9.50 Å². The fraction of sp³-hybridized carbons (Fsp3) is 0.333. The van der Waals surface area contributed by atoms with Crippen LogP contribution in [0.25, 0.3) is 6.08 Å². The van der Waals surface area contributed by atoms with Crippen molar-refractivity contribution in [1.29, 1.82) is 0 Å². The first-order valence-corrected chi connectivity index (χ1v) is 4.80. The van der Waals surface area contributed by atoms with E-state index >= 15 is 0 Å². The molecule has 0 heterocycles. The van der Waals surface area contributed by atoms with Gasteiger partial charge in [-0.05, 0) is 36.6 Å². The Bertz CT molecular complexity index is 319. The summed E-state index contributed by atoms with van der Waals surface area (Å²) >= 11 is 0. The predicted octanol–water partition coefficient (Wildman–Crippen LogP) is 3.65. The van der Waals surface area contributed by atoms with Crippen LogP contribution in [-0.2, 0) is 0 Å². The Labute approximate surface area is 83.9 Å². The average molecular weight is 194 g/mol. The SMILES string of the molecule is CCC/C=C/c1cc(C)c(O)c(F)c1. The van der Waals surface area contributed by atoms with Gasteiger partial charge in [-0.25, -0.2) is 4.39 Å². The smallest absolute Gasteiger partial charge is 0.165 e. The van der Waals surface area contributed by atoms with Crippen molar-refractivity contribution in [2.45, 2.75) is 26.7 Å². The highest BCUT2D eigenvalue weighted by molar-refractivity contribution is 5.53. The molecule has 1 N–H and O–H groups in total. The average Bonchev–Trinajstić information content (AvgIpc) is 2.14. The Morgan fingerprint density at radius 3 is 2.71 bits per heavy atom. The Morgan fingerprint density at radius 1 is 1.43 bits per heavy atom. The molecule has 0 unspecified atom stereocenters. The standard InChI is InChI=1S/C12H15FO/c1-3-4-5-6-10-7-9(2)12(14)11(13)8-10/h5-8,14H,3-4H2,1-2H3/b6-5+. The molecule has 1 rings (SSSR count). The van der Waals surface area contributed by atoms with Gasteiger partial charge in [-0.15, -0.1) is 0 Å². The molecule has 1 aromatic rings. The van der Waals surface area contributed by atoms with Gasteiger partial charge in [0.1, 0.15) is 0 Å². The highest BCUT2D eigenvalue weighted by atomic mass is 19.1. The van der Waals surface area contributed by atoms with Crippen LogP contribution in [0.4, 0.5) is 4.39 Å². The van der Waals surface area contributed by atoms with Gasteiger partial charge in [0.15, 0.2) is 11.6 Å². The van der Waals surface area contributed by atoms with Gasteiger partial charge in [0, 0.05) is 0 Å². The summed E-state index contributed by atoms with van der Waals surface area (Å²) in [5, 5.41) is 9.20. The first-order chi connectivity index (χ1) is 6.65. The molecule has 0 aliphatic carbocycles. The summed E-state index contributed by atoms with van der Waals surface area (Å²) in [6, 6.07) is 3.11. The first-order valence-electron chi connectivity index (χ1n) is 4.80. The zero-order chi connectivity index (χ0) is 10.6. The molecule has 2 heteroatoms.